The fourth-order valence-electron chi connectivity index (χ4n) is 2.27. The summed E-state index contributed by atoms with van der Waals surface area (Å²) in [6.07, 6.45) is 5.15. The van der Waals surface area contributed by atoms with Crippen LogP contribution in [0.15, 0.2) is 53.4 Å². The topological polar surface area (TPSA) is 43.0 Å². The van der Waals surface area contributed by atoms with E-state index in [2.05, 4.69) is 10.3 Å². The number of hydrogen-bond donors (Lipinski definition) is 1. The Kier molecular flexibility index (Phi) is 3.48. The summed E-state index contributed by atoms with van der Waals surface area (Å²) in [5, 5.41) is 3.17. The minimum absolute atomic E-state index is 0.291. The minimum atomic E-state index is -0.350. The molecule has 0 saturated heterocycles. The van der Waals surface area contributed by atoms with Crippen molar-refractivity contribution < 1.29 is 8.81 Å². The van der Waals surface area contributed by atoms with E-state index in [1.165, 1.54) is 6.07 Å². The van der Waals surface area contributed by atoms with Gasteiger partial charge in [0.05, 0.1) is 12.0 Å². The molecule has 2 heterocycles. The molecule has 0 aliphatic heterocycles. The van der Waals surface area contributed by atoms with Gasteiger partial charge in [-0.1, -0.05) is 6.07 Å². The fourth-order valence-corrected chi connectivity index (χ4v) is 2.27. The summed E-state index contributed by atoms with van der Waals surface area (Å²) in [6, 6.07) is 8.39. The number of aromatic nitrogens is 2. The molecule has 1 aromatic carbocycles. The second kappa shape index (κ2) is 5.44. The molecule has 0 aliphatic rings. The molecule has 1 unspecified atom stereocenters. The van der Waals surface area contributed by atoms with Gasteiger partial charge in [-0.3, -0.25) is 0 Å². The van der Waals surface area contributed by atoms with Crippen LogP contribution in [-0.2, 0) is 7.05 Å². The van der Waals surface area contributed by atoms with Crippen LogP contribution in [0.2, 0.25) is 0 Å². The first kappa shape index (κ1) is 13.4. The van der Waals surface area contributed by atoms with Gasteiger partial charge in [-0.15, -0.1) is 0 Å². The van der Waals surface area contributed by atoms with Gasteiger partial charge in [-0.2, -0.15) is 0 Å². The van der Waals surface area contributed by atoms with Crippen molar-refractivity contribution in [3.63, 3.8) is 0 Å². The molecule has 0 spiro atoms. The summed E-state index contributed by atoms with van der Waals surface area (Å²) < 4.78 is 21.4. The van der Waals surface area contributed by atoms with E-state index < -0.39 is 0 Å². The van der Waals surface area contributed by atoms with Crippen molar-refractivity contribution in [2.45, 2.75) is 13.0 Å². The lowest BCUT2D eigenvalue weighted by molar-refractivity contribution is 0.487. The SMILES string of the molecule is Cc1ccc(NC(c2ccco2)c2nccn2C)c(F)c1. The molecule has 4 nitrogen and oxygen atoms in total. The third kappa shape index (κ3) is 2.67. The van der Waals surface area contributed by atoms with Crippen molar-refractivity contribution in [1.29, 1.82) is 0 Å². The van der Waals surface area contributed by atoms with E-state index in [9.17, 15) is 4.39 Å². The molecule has 108 valence electrons. The van der Waals surface area contributed by atoms with E-state index >= 15 is 0 Å². The Bertz CT molecular complexity index is 734. The highest BCUT2D eigenvalue weighted by Crippen LogP contribution is 2.27. The number of anilines is 1. The molecule has 0 bridgehead atoms. The molecule has 5 heteroatoms. The van der Waals surface area contributed by atoms with Gasteiger partial charge in [0.25, 0.3) is 0 Å². The first-order valence-electron chi connectivity index (χ1n) is 6.68. The van der Waals surface area contributed by atoms with Crippen LogP contribution >= 0.6 is 0 Å². The largest absolute Gasteiger partial charge is 0.467 e. The molecule has 3 aromatic rings. The van der Waals surface area contributed by atoms with Crippen LogP contribution in [0.5, 0.6) is 0 Å². The number of nitrogens with one attached hydrogen (secondary N) is 1. The Hall–Kier alpha value is -2.56. The van der Waals surface area contributed by atoms with E-state index in [4.69, 9.17) is 4.42 Å². The van der Waals surface area contributed by atoms with Crippen LogP contribution in [-0.4, -0.2) is 9.55 Å². The predicted molar refractivity (Wildman–Crippen MR) is 78.5 cm³/mol. The van der Waals surface area contributed by atoms with E-state index in [1.54, 1.807) is 24.6 Å². The third-order valence-electron chi connectivity index (χ3n) is 3.37. The molecule has 1 N–H and O–H groups in total. The predicted octanol–water partition coefficient (Wildman–Crippen LogP) is 3.66. The second-order valence-electron chi connectivity index (χ2n) is 4.97. The lowest BCUT2D eigenvalue weighted by Gasteiger charge is -2.18. The van der Waals surface area contributed by atoms with Crippen molar-refractivity contribution in [3.05, 3.63) is 72.0 Å². The lowest BCUT2D eigenvalue weighted by Crippen LogP contribution is -2.17. The first-order chi connectivity index (χ1) is 10.1. The Labute approximate surface area is 122 Å². The molecule has 0 amide bonds. The number of rotatable bonds is 4. The molecule has 0 saturated carbocycles. The Morgan fingerprint density at radius 3 is 2.81 bits per heavy atom. The van der Waals surface area contributed by atoms with Gasteiger partial charge in [0.1, 0.15) is 23.4 Å². The van der Waals surface area contributed by atoms with Crippen LogP contribution in [0.1, 0.15) is 23.2 Å². The highest BCUT2D eigenvalue weighted by Gasteiger charge is 2.22. The van der Waals surface area contributed by atoms with Crippen LogP contribution < -0.4 is 5.32 Å². The van der Waals surface area contributed by atoms with E-state index in [1.807, 2.05) is 36.9 Å². The van der Waals surface area contributed by atoms with Gasteiger partial charge < -0.3 is 14.3 Å². The second-order valence-corrected chi connectivity index (χ2v) is 4.97. The highest BCUT2D eigenvalue weighted by molar-refractivity contribution is 5.49. The van der Waals surface area contributed by atoms with Crippen molar-refractivity contribution in [2.75, 3.05) is 5.32 Å². The molecule has 0 aliphatic carbocycles. The maximum atomic E-state index is 14.1. The average molecular weight is 285 g/mol. The number of imidazole rings is 1. The zero-order chi connectivity index (χ0) is 14.8. The summed E-state index contributed by atoms with van der Waals surface area (Å²) in [7, 11) is 1.89. The number of nitrogens with zero attached hydrogens (tertiary/aromatic N) is 2. The zero-order valence-corrected chi connectivity index (χ0v) is 11.9. The number of hydrogen-bond acceptors (Lipinski definition) is 3. The minimum Gasteiger partial charge on any atom is -0.467 e. The van der Waals surface area contributed by atoms with Crippen LogP contribution in [0.25, 0.3) is 0 Å². The quantitative estimate of drug-likeness (QED) is 0.795. The van der Waals surface area contributed by atoms with Crippen molar-refractivity contribution in [2.24, 2.45) is 7.05 Å². The number of furan rings is 1. The molecule has 3 rings (SSSR count). The number of halogens is 1. The van der Waals surface area contributed by atoms with Gasteiger partial charge in [0, 0.05) is 19.4 Å². The van der Waals surface area contributed by atoms with E-state index in [0.717, 1.165) is 11.4 Å². The Morgan fingerprint density at radius 1 is 1.33 bits per heavy atom. The molecular weight excluding hydrogens is 269 g/mol. The molecule has 21 heavy (non-hydrogen) atoms. The zero-order valence-electron chi connectivity index (χ0n) is 11.9. The van der Waals surface area contributed by atoms with Crippen molar-refractivity contribution in [1.82, 2.24) is 9.55 Å². The third-order valence-corrected chi connectivity index (χ3v) is 3.37. The summed E-state index contributed by atoms with van der Waals surface area (Å²) in [5.74, 6) is 1.15. The lowest BCUT2D eigenvalue weighted by atomic mass is 10.1. The normalized spacial score (nSPS) is 12.3. The van der Waals surface area contributed by atoms with Gasteiger partial charge in [0.2, 0.25) is 0 Å². The smallest absolute Gasteiger partial charge is 0.146 e. The van der Waals surface area contributed by atoms with Gasteiger partial charge in [-0.05, 0) is 36.8 Å². The molecular formula is C16H16FN3O. The molecule has 0 fully saturated rings. The first-order valence-corrected chi connectivity index (χ1v) is 6.68. The molecule has 2 aromatic heterocycles. The maximum absolute atomic E-state index is 14.1. The standard InChI is InChI=1S/C16H16FN3O/c1-11-5-6-13(12(17)10-11)19-15(14-4-3-9-21-14)16-18-7-8-20(16)2/h3-10,15,19H,1-2H3. The van der Waals surface area contributed by atoms with Crippen LogP contribution in [0.3, 0.4) is 0 Å². The highest BCUT2D eigenvalue weighted by atomic mass is 19.1. The summed E-state index contributed by atoms with van der Waals surface area (Å²) >= 11 is 0. The van der Waals surface area contributed by atoms with Crippen LogP contribution in [0.4, 0.5) is 10.1 Å². The van der Waals surface area contributed by atoms with Crippen molar-refractivity contribution >= 4 is 5.69 Å². The Balaban J connectivity index is 1.99. The number of benzene rings is 1. The maximum Gasteiger partial charge on any atom is 0.146 e. The monoisotopic (exact) mass is 285 g/mol. The van der Waals surface area contributed by atoms with Gasteiger partial charge in [0.15, 0.2) is 0 Å². The molecule has 1 atom stereocenters. The summed E-state index contributed by atoms with van der Waals surface area (Å²) in [4.78, 5) is 4.33. The van der Waals surface area contributed by atoms with Crippen molar-refractivity contribution in [3.8, 4) is 0 Å². The van der Waals surface area contributed by atoms with Crippen LogP contribution in [0, 0.1) is 12.7 Å². The average Bonchev–Trinajstić information content (AvgIpc) is 3.10. The molecule has 0 radical (unpaired) electrons. The van der Waals surface area contributed by atoms with Gasteiger partial charge in [-0.25, -0.2) is 9.37 Å². The number of aryl methyl sites for hydroxylation is 2. The van der Waals surface area contributed by atoms with E-state index in [0.29, 0.717) is 11.4 Å². The van der Waals surface area contributed by atoms with E-state index in [-0.39, 0.29) is 11.9 Å². The summed E-state index contributed by atoms with van der Waals surface area (Å²) in [6.45, 7) is 1.86. The van der Waals surface area contributed by atoms with Gasteiger partial charge >= 0.3 is 0 Å². The fraction of sp³-hybridized carbons (Fsp3) is 0.188. The summed E-state index contributed by atoms with van der Waals surface area (Å²) in [5.41, 5.74) is 1.30. The Morgan fingerprint density at radius 2 is 2.19 bits per heavy atom.